The monoisotopic (exact) mass is 318 g/mol. The molecule has 0 radical (unpaired) electrons. The van der Waals surface area contributed by atoms with E-state index in [9.17, 15) is 9.90 Å². The van der Waals surface area contributed by atoms with E-state index in [1.165, 1.54) is 0 Å². The van der Waals surface area contributed by atoms with E-state index in [0.29, 0.717) is 23.5 Å². The Morgan fingerprint density at radius 2 is 2.12 bits per heavy atom. The number of ketones is 1. The van der Waals surface area contributed by atoms with Gasteiger partial charge in [-0.1, -0.05) is 18.2 Å². The standard InChI is InChI=1S/C18H14N4O2/c23-11-12-2-1-3-13(8-12)14-9-21-22(10-14)18-17-15(4-6-20-18)16(24)5-7-19-17/h1-4,6-10,23H,5,11H2. The number of aliphatic hydroxyl groups is 1. The molecule has 0 fully saturated rings. The Morgan fingerprint density at radius 1 is 1.21 bits per heavy atom. The van der Waals surface area contributed by atoms with E-state index in [-0.39, 0.29) is 12.4 Å². The van der Waals surface area contributed by atoms with E-state index in [4.69, 9.17) is 0 Å². The highest BCUT2D eigenvalue weighted by Gasteiger charge is 2.19. The van der Waals surface area contributed by atoms with Gasteiger partial charge in [-0.3, -0.25) is 9.79 Å². The van der Waals surface area contributed by atoms with Gasteiger partial charge in [-0.15, -0.1) is 0 Å². The van der Waals surface area contributed by atoms with Crippen molar-refractivity contribution in [1.82, 2.24) is 14.8 Å². The van der Waals surface area contributed by atoms with Gasteiger partial charge in [0.15, 0.2) is 11.6 Å². The molecular formula is C18H14N4O2. The highest BCUT2D eigenvalue weighted by atomic mass is 16.3. The molecule has 1 aliphatic rings. The molecule has 118 valence electrons. The summed E-state index contributed by atoms with van der Waals surface area (Å²) < 4.78 is 1.62. The molecule has 0 unspecified atom stereocenters. The van der Waals surface area contributed by atoms with Gasteiger partial charge < -0.3 is 5.11 Å². The van der Waals surface area contributed by atoms with E-state index in [2.05, 4.69) is 15.1 Å². The maximum absolute atomic E-state index is 12.0. The zero-order valence-electron chi connectivity index (χ0n) is 12.8. The number of hydrogen-bond donors (Lipinski definition) is 1. The van der Waals surface area contributed by atoms with Gasteiger partial charge in [0.1, 0.15) is 5.69 Å². The van der Waals surface area contributed by atoms with Crippen LogP contribution in [0.25, 0.3) is 16.9 Å². The molecule has 0 spiro atoms. The first-order valence-electron chi connectivity index (χ1n) is 7.56. The first-order chi connectivity index (χ1) is 11.8. The van der Waals surface area contributed by atoms with E-state index in [0.717, 1.165) is 16.7 Å². The summed E-state index contributed by atoms with van der Waals surface area (Å²) in [6, 6.07) is 9.31. The Labute approximate surface area is 138 Å². The van der Waals surface area contributed by atoms with Gasteiger partial charge in [0.05, 0.1) is 12.8 Å². The van der Waals surface area contributed by atoms with Gasteiger partial charge in [0.25, 0.3) is 0 Å². The average molecular weight is 318 g/mol. The fourth-order valence-electron chi connectivity index (χ4n) is 2.73. The molecule has 1 aliphatic heterocycles. The van der Waals surface area contributed by atoms with Crippen LogP contribution in [-0.4, -0.2) is 31.9 Å². The largest absolute Gasteiger partial charge is 0.392 e. The van der Waals surface area contributed by atoms with Crippen LogP contribution >= 0.6 is 0 Å². The van der Waals surface area contributed by atoms with Crippen molar-refractivity contribution in [1.29, 1.82) is 0 Å². The second-order valence-corrected chi connectivity index (χ2v) is 5.50. The Balaban J connectivity index is 1.78. The summed E-state index contributed by atoms with van der Waals surface area (Å²) >= 11 is 0. The molecule has 6 heteroatoms. The molecule has 1 N–H and O–H groups in total. The number of nitrogens with zero attached hydrogens (tertiary/aromatic N) is 4. The fraction of sp³-hybridized carbons (Fsp3) is 0.111. The molecule has 2 aromatic heterocycles. The molecule has 0 saturated carbocycles. The SMILES string of the molecule is O=C1CC=Nc2c1ccnc2-n1cc(-c2cccc(CO)c2)cn1. The van der Waals surface area contributed by atoms with Crippen LogP contribution in [0.5, 0.6) is 0 Å². The van der Waals surface area contributed by atoms with Gasteiger partial charge in [-0.25, -0.2) is 9.67 Å². The van der Waals surface area contributed by atoms with E-state index in [1.807, 2.05) is 30.5 Å². The molecule has 3 heterocycles. The van der Waals surface area contributed by atoms with Crippen molar-refractivity contribution < 1.29 is 9.90 Å². The van der Waals surface area contributed by atoms with Crippen LogP contribution in [0.3, 0.4) is 0 Å². The minimum absolute atomic E-state index is 0.00739. The molecule has 0 bridgehead atoms. The Bertz CT molecular complexity index is 959. The molecule has 24 heavy (non-hydrogen) atoms. The lowest BCUT2D eigenvalue weighted by atomic mass is 10.1. The summed E-state index contributed by atoms with van der Waals surface area (Å²) in [5.74, 6) is 0.563. The zero-order chi connectivity index (χ0) is 16.5. The molecule has 0 aliphatic carbocycles. The van der Waals surface area contributed by atoms with Crippen LogP contribution in [-0.2, 0) is 6.61 Å². The molecular weight excluding hydrogens is 304 g/mol. The third kappa shape index (κ3) is 2.43. The molecule has 6 nitrogen and oxygen atoms in total. The molecule has 4 rings (SSSR count). The molecule has 0 atom stereocenters. The quantitative estimate of drug-likeness (QED) is 0.805. The number of Topliss-reactive ketones (excluding diaryl/α,β-unsaturated/α-hetero) is 1. The second-order valence-electron chi connectivity index (χ2n) is 5.50. The van der Waals surface area contributed by atoms with Crippen molar-refractivity contribution in [3.8, 4) is 16.9 Å². The number of carbonyl (C=O) groups is 1. The number of aliphatic hydroxyl groups excluding tert-OH is 1. The van der Waals surface area contributed by atoms with Crippen LogP contribution in [0.4, 0.5) is 5.69 Å². The third-order valence-electron chi connectivity index (χ3n) is 3.94. The molecule has 0 amide bonds. The summed E-state index contributed by atoms with van der Waals surface area (Å²) in [5, 5.41) is 13.6. The van der Waals surface area contributed by atoms with Crippen molar-refractivity contribution in [2.45, 2.75) is 13.0 Å². The summed E-state index contributed by atoms with van der Waals surface area (Å²) in [4.78, 5) is 20.7. The van der Waals surface area contributed by atoms with Crippen LogP contribution in [0.15, 0.2) is 53.9 Å². The van der Waals surface area contributed by atoms with Crippen molar-refractivity contribution >= 4 is 17.7 Å². The number of aromatic nitrogens is 3. The van der Waals surface area contributed by atoms with Gasteiger partial charge in [-0.05, 0) is 23.3 Å². The molecule has 0 saturated heterocycles. The third-order valence-corrected chi connectivity index (χ3v) is 3.94. The number of fused-ring (bicyclic) bond motifs is 1. The highest BCUT2D eigenvalue weighted by molar-refractivity contribution is 6.10. The van der Waals surface area contributed by atoms with E-state index in [1.54, 1.807) is 29.4 Å². The minimum atomic E-state index is -0.00739. The van der Waals surface area contributed by atoms with E-state index >= 15 is 0 Å². The van der Waals surface area contributed by atoms with Crippen LogP contribution in [0.2, 0.25) is 0 Å². The Morgan fingerprint density at radius 3 is 3.00 bits per heavy atom. The topological polar surface area (TPSA) is 80.4 Å². The zero-order valence-corrected chi connectivity index (χ0v) is 12.8. The maximum atomic E-state index is 12.0. The minimum Gasteiger partial charge on any atom is -0.392 e. The predicted octanol–water partition coefficient (Wildman–Crippen LogP) is 2.72. The fourth-order valence-corrected chi connectivity index (χ4v) is 2.73. The van der Waals surface area contributed by atoms with Crippen molar-refractivity contribution in [3.05, 3.63) is 60.0 Å². The Kier molecular flexibility index (Phi) is 3.51. The smallest absolute Gasteiger partial charge is 0.180 e. The highest BCUT2D eigenvalue weighted by Crippen LogP contribution is 2.30. The maximum Gasteiger partial charge on any atom is 0.180 e. The number of pyridine rings is 1. The van der Waals surface area contributed by atoms with Crippen molar-refractivity contribution in [2.75, 3.05) is 0 Å². The average Bonchev–Trinajstić information content (AvgIpc) is 3.12. The normalized spacial score (nSPS) is 13.1. The second kappa shape index (κ2) is 5.82. The molecule has 1 aromatic carbocycles. The predicted molar refractivity (Wildman–Crippen MR) is 89.8 cm³/mol. The number of hydrogen-bond acceptors (Lipinski definition) is 5. The van der Waals surface area contributed by atoms with Crippen LogP contribution in [0.1, 0.15) is 22.3 Å². The molecule has 3 aromatic rings. The summed E-state index contributed by atoms with van der Waals surface area (Å²) in [6.07, 6.45) is 7.08. The Hall–Kier alpha value is -3.12. The number of benzene rings is 1. The summed E-state index contributed by atoms with van der Waals surface area (Å²) in [7, 11) is 0. The first-order valence-corrected chi connectivity index (χ1v) is 7.56. The number of aliphatic imine (C=N–C) groups is 1. The van der Waals surface area contributed by atoms with Crippen LogP contribution in [0, 0.1) is 0 Å². The lowest BCUT2D eigenvalue weighted by Crippen LogP contribution is -2.08. The summed E-state index contributed by atoms with van der Waals surface area (Å²) in [6.45, 7) is -0.00739. The number of rotatable bonds is 3. The first kappa shape index (κ1) is 14.5. The summed E-state index contributed by atoms with van der Waals surface area (Å²) in [5.41, 5.74) is 3.81. The van der Waals surface area contributed by atoms with Gasteiger partial charge >= 0.3 is 0 Å². The lowest BCUT2D eigenvalue weighted by Gasteiger charge is -2.11. The van der Waals surface area contributed by atoms with Crippen molar-refractivity contribution in [3.63, 3.8) is 0 Å². The van der Waals surface area contributed by atoms with Crippen molar-refractivity contribution in [2.24, 2.45) is 4.99 Å². The lowest BCUT2D eigenvalue weighted by molar-refractivity contribution is 0.100. The van der Waals surface area contributed by atoms with E-state index < -0.39 is 0 Å². The van der Waals surface area contributed by atoms with Crippen LogP contribution < -0.4 is 0 Å². The van der Waals surface area contributed by atoms with Gasteiger partial charge in [0, 0.05) is 36.2 Å². The van der Waals surface area contributed by atoms with Gasteiger partial charge in [0.2, 0.25) is 0 Å². The number of carbonyl (C=O) groups excluding carboxylic acids is 1. The van der Waals surface area contributed by atoms with Gasteiger partial charge in [-0.2, -0.15) is 5.10 Å².